The predicted molar refractivity (Wildman–Crippen MR) is 129 cm³/mol. The van der Waals surface area contributed by atoms with E-state index >= 15 is 0 Å². The third kappa shape index (κ3) is 6.56. The van der Waals surface area contributed by atoms with Crippen molar-refractivity contribution >= 4 is 19.2 Å². The molecule has 1 N–H and O–H groups in total. The van der Waals surface area contributed by atoms with Crippen LogP contribution in [0.15, 0.2) is 59.4 Å². The summed E-state index contributed by atoms with van der Waals surface area (Å²) in [5.74, 6) is 0.476. The van der Waals surface area contributed by atoms with Crippen molar-refractivity contribution in [1.29, 1.82) is 0 Å². The van der Waals surface area contributed by atoms with Crippen molar-refractivity contribution in [3.63, 3.8) is 0 Å². The summed E-state index contributed by atoms with van der Waals surface area (Å²) in [5.41, 5.74) is 3.28. The number of halogens is 3. The van der Waals surface area contributed by atoms with Crippen molar-refractivity contribution in [2.24, 2.45) is 10.7 Å². The van der Waals surface area contributed by atoms with Gasteiger partial charge < -0.3 is 14.7 Å². The molecule has 0 aromatic heterocycles. The molecule has 2 aromatic carbocycles. The zero-order chi connectivity index (χ0) is 25.9. The molecule has 1 atom stereocenters. The normalized spacial score (nSPS) is 19.9. The van der Waals surface area contributed by atoms with E-state index in [0.717, 1.165) is 29.5 Å². The quantitative estimate of drug-likeness (QED) is 0.409. The molecule has 0 amide bonds. The average Bonchev–Trinajstić information content (AvgIpc) is 3.69. The smallest absolute Gasteiger partial charge is 0.406 e. The van der Waals surface area contributed by atoms with Gasteiger partial charge in [-0.3, -0.25) is 9.05 Å². The Morgan fingerprint density at radius 1 is 1.08 bits per heavy atom. The first-order valence-electron chi connectivity index (χ1n) is 11.5. The Balaban J connectivity index is 1.73. The highest BCUT2D eigenvalue weighted by Crippen LogP contribution is 2.50. The number of alkyl halides is 3. The van der Waals surface area contributed by atoms with Crippen molar-refractivity contribution in [2.75, 3.05) is 14.2 Å². The molecule has 1 aliphatic carbocycles. The summed E-state index contributed by atoms with van der Waals surface area (Å²) in [6, 6.07) is 13.2. The van der Waals surface area contributed by atoms with Gasteiger partial charge >= 0.3 is 14.1 Å². The van der Waals surface area contributed by atoms with Gasteiger partial charge in [0.25, 0.3) is 0 Å². The lowest BCUT2D eigenvalue weighted by Gasteiger charge is -2.38. The average molecular weight is 524 g/mol. The predicted octanol–water partition coefficient (Wildman–Crippen LogP) is 5.94. The summed E-state index contributed by atoms with van der Waals surface area (Å²) in [5, 5.41) is 9.37. The lowest BCUT2D eigenvalue weighted by molar-refractivity contribution is -0.274. The molecular weight excluding hydrogens is 496 g/mol. The summed E-state index contributed by atoms with van der Waals surface area (Å²) in [6.07, 6.45) is -0.349. The summed E-state index contributed by atoms with van der Waals surface area (Å²) in [4.78, 5) is 1.96. The Morgan fingerprint density at radius 3 is 2.36 bits per heavy atom. The van der Waals surface area contributed by atoms with Gasteiger partial charge in [-0.2, -0.15) is 4.76 Å². The molecule has 2 aliphatic rings. The molecule has 194 valence electrons. The highest BCUT2D eigenvalue weighted by Gasteiger charge is 2.39. The van der Waals surface area contributed by atoms with Gasteiger partial charge in [-0.1, -0.05) is 42.5 Å². The molecule has 1 heterocycles. The van der Waals surface area contributed by atoms with E-state index in [4.69, 9.17) is 9.05 Å². The van der Waals surface area contributed by atoms with Gasteiger partial charge in [0.05, 0.1) is 12.6 Å². The number of amidine groups is 1. The number of benzene rings is 2. The van der Waals surface area contributed by atoms with Crippen molar-refractivity contribution in [2.45, 2.75) is 44.8 Å². The van der Waals surface area contributed by atoms with Crippen LogP contribution in [-0.4, -0.2) is 42.5 Å². The summed E-state index contributed by atoms with van der Waals surface area (Å²) in [6.45, 7) is 0.169. The maximum atomic E-state index is 13.0. The van der Waals surface area contributed by atoms with E-state index in [-0.39, 0.29) is 24.9 Å². The van der Waals surface area contributed by atoms with Crippen LogP contribution < -0.4 is 4.74 Å². The molecule has 0 spiro atoms. The summed E-state index contributed by atoms with van der Waals surface area (Å²) < 4.78 is 69.9. The van der Waals surface area contributed by atoms with Gasteiger partial charge in [-0.25, -0.2) is 4.57 Å². The molecule has 1 fully saturated rings. The van der Waals surface area contributed by atoms with Gasteiger partial charge in [0.2, 0.25) is 0 Å². The maximum absolute atomic E-state index is 13.0. The molecule has 1 unspecified atom stereocenters. The van der Waals surface area contributed by atoms with E-state index < -0.39 is 14.1 Å². The van der Waals surface area contributed by atoms with Crippen LogP contribution in [0.4, 0.5) is 13.2 Å². The van der Waals surface area contributed by atoms with E-state index in [1.165, 1.54) is 32.4 Å². The zero-order valence-electron chi connectivity index (χ0n) is 19.9. The Morgan fingerprint density at radius 2 is 1.78 bits per heavy atom. The van der Waals surface area contributed by atoms with Gasteiger partial charge in [0.1, 0.15) is 11.6 Å². The Hall–Kier alpha value is -2.65. The SMILES string of the molecule is COP(=O)(/N=C1/CC(c2ccc(CO)cc2)=CC(C2CC2)N1Cc1cccc(OC(F)(F)F)c1)OC. The lowest BCUT2D eigenvalue weighted by atomic mass is 9.92. The Labute approximate surface area is 207 Å². The molecule has 1 aliphatic heterocycles. The van der Waals surface area contributed by atoms with Crippen molar-refractivity contribution < 1.29 is 36.6 Å². The molecule has 2 aromatic rings. The maximum Gasteiger partial charge on any atom is 0.573 e. The molecule has 36 heavy (non-hydrogen) atoms. The fourth-order valence-corrected chi connectivity index (χ4v) is 5.06. The van der Waals surface area contributed by atoms with Gasteiger partial charge in [-0.15, -0.1) is 13.2 Å². The number of hydrogen-bond acceptors (Lipinski definition) is 5. The van der Waals surface area contributed by atoms with Crippen LogP contribution in [0.1, 0.15) is 36.0 Å². The first-order valence-corrected chi connectivity index (χ1v) is 13.0. The van der Waals surface area contributed by atoms with Gasteiger partial charge in [0, 0.05) is 27.2 Å². The third-order valence-corrected chi connectivity index (χ3v) is 7.61. The topological polar surface area (TPSA) is 80.6 Å². The minimum atomic E-state index is -4.79. The second-order valence-corrected chi connectivity index (χ2v) is 10.6. The number of aliphatic hydroxyl groups excluding tert-OH is 1. The van der Waals surface area contributed by atoms with Crippen molar-refractivity contribution in [1.82, 2.24) is 4.90 Å². The van der Waals surface area contributed by atoms with Crippen molar-refractivity contribution in [3.8, 4) is 5.75 Å². The molecule has 11 heteroatoms. The van der Waals surface area contributed by atoms with Crippen molar-refractivity contribution in [3.05, 3.63) is 71.3 Å². The fourth-order valence-electron chi connectivity index (χ4n) is 4.27. The number of aliphatic hydroxyl groups is 1. The van der Waals surface area contributed by atoms with Crippen LogP contribution >= 0.6 is 7.75 Å². The number of hydrogen-bond donors (Lipinski definition) is 1. The van der Waals surface area contributed by atoms with Crippen LogP contribution in [-0.2, 0) is 26.8 Å². The first kappa shape index (κ1) is 26.4. The number of nitrogens with zero attached hydrogens (tertiary/aromatic N) is 2. The van der Waals surface area contributed by atoms with Crippen LogP contribution in [0.25, 0.3) is 5.57 Å². The molecule has 0 radical (unpaired) electrons. The summed E-state index contributed by atoms with van der Waals surface area (Å²) >= 11 is 0. The summed E-state index contributed by atoms with van der Waals surface area (Å²) in [7, 11) is -1.28. The van der Waals surface area contributed by atoms with Crippen LogP contribution in [0.3, 0.4) is 0 Å². The number of ether oxygens (including phenoxy) is 1. The van der Waals surface area contributed by atoms with Gasteiger partial charge in [0.15, 0.2) is 0 Å². The minimum absolute atomic E-state index is 0.0630. The van der Waals surface area contributed by atoms with E-state index in [9.17, 15) is 22.8 Å². The number of rotatable bonds is 9. The first-order chi connectivity index (χ1) is 17.1. The van der Waals surface area contributed by atoms with E-state index in [2.05, 4.69) is 15.6 Å². The second kappa shape index (κ2) is 10.8. The Bertz CT molecular complexity index is 1170. The van der Waals surface area contributed by atoms with Gasteiger partial charge in [-0.05, 0) is 53.2 Å². The molecule has 0 saturated heterocycles. The van der Waals surface area contributed by atoms with E-state index in [0.29, 0.717) is 23.7 Å². The molecule has 4 rings (SSSR count). The van der Waals surface area contributed by atoms with Crippen LogP contribution in [0.2, 0.25) is 0 Å². The molecular formula is C25H28F3N2O5P. The molecule has 1 saturated carbocycles. The third-order valence-electron chi connectivity index (χ3n) is 6.21. The highest BCUT2D eigenvalue weighted by molar-refractivity contribution is 7.52. The lowest BCUT2D eigenvalue weighted by Crippen LogP contribution is -2.43. The van der Waals surface area contributed by atoms with E-state index in [1.54, 1.807) is 6.07 Å². The highest BCUT2D eigenvalue weighted by atomic mass is 31.2. The van der Waals surface area contributed by atoms with Crippen LogP contribution in [0.5, 0.6) is 5.75 Å². The monoisotopic (exact) mass is 524 g/mol. The fraction of sp³-hybridized carbons (Fsp3) is 0.400. The molecule has 7 nitrogen and oxygen atoms in total. The van der Waals surface area contributed by atoms with Crippen LogP contribution in [0, 0.1) is 5.92 Å². The molecule has 0 bridgehead atoms. The zero-order valence-corrected chi connectivity index (χ0v) is 20.8. The second-order valence-electron chi connectivity index (χ2n) is 8.72. The standard InChI is InChI=1S/C25H28F3N2O5P/c1-33-36(32,34-2)29-24-14-21(19-8-6-17(16-31)7-9-19)13-23(20-10-11-20)30(24)15-18-4-3-5-22(12-18)35-25(26,27)28/h3-9,12-13,20,23,31H,10-11,14-16H2,1-2H3/b29-24-. The van der Waals surface area contributed by atoms with E-state index in [1.807, 2.05) is 29.2 Å². The minimum Gasteiger partial charge on any atom is -0.406 e. The Kier molecular flexibility index (Phi) is 7.90. The largest absolute Gasteiger partial charge is 0.573 e.